The van der Waals surface area contributed by atoms with Gasteiger partial charge in [0.2, 0.25) is 6.41 Å². The van der Waals surface area contributed by atoms with E-state index < -0.39 is 6.41 Å². The summed E-state index contributed by atoms with van der Waals surface area (Å²) in [7, 11) is 5.12. The molecule has 0 N–H and O–H groups in total. The van der Waals surface area contributed by atoms with Gasteiger partial charge in [-0.2, -0.15) is 0 Å². The zero-order chi connectivity index (χ0) is 10.9. The highest BCUT2D eigenvalue weighted by Gasteiger charge is 2.15. The minimum absolute atomic E-state index is 0.442. The minimum Gasteiger partial charge on any atom is -0.338 e. The molecule has 0 amide bonds. The van der Waals surface area contributed by atoms with Crippen molar-refractivity contribution in [1.29, 1.82) is 0 Å². The van der Waals surface area contributed by atoms with Gasteiger partial charge >= 0.3 is 0 Å². The maximum Gasteiger partial charge on any atom is 0.245 e. The highest BCUT2D eigenvalue weighted by molar-refractivity contribution is 7.71. The van der Waals surface area contributed by atoms with Crippen molar-refractivity contribution >= 4 is 12.2 Å². The smallest absolute Gasteiger partial charge is 0.245 e. The molecule has 80 valence electrons. The average molecular weight is 216 g/mol. The van der Waals surface area contributed by atoms with E-state index in [1.165, 1.54) is 0 Å². The van der Waals surface area contributed by atoms with E-state index in [0.29, 0.717) is 4.77 Å². The lowest BCUT2D eigenvalue weighted by molar-refractivity contribution is -0.157. The van der Waals surface area contributed by atoms with Crippen LogP contribution in [0.25, 0.3) is 0 Å². The van der Waals surface area contributed by atoms with E-state index in [1.54, 1.807) is 14.2 Å². The number of methoxy groups -OCH3 is 2. The van der Waals surface area contributed by atoms with Gasteiger partial charge in [0.15, 0.2) is 4.77 Å². The summed E-state index contributed by atoms with van der Waals surface area (Å²) >= 11 is 5.28. The van der Waals surface area contributed by atoms with Crippen LogP contribution in [-0.2, 0) is 16.5 Å². The molecule has 0 spiro atoms. The van der Waals surface area contributed by atoms with Gasteiger partial charge in [0.1, 0.15) is 0 Å². The molecule has 1 heterocycles. The number of hydrogen-bond acceptors (Lipinski definition) is 3. The zero-order valence-electron chi connectivity index (χ0n) is 9.20. The number of nitrogens with zero attached hydrogens (tertiary/aromatic N) is 2. The lowest BCUT2D eigenvalue weighted by Gasteiger charge is -2.16. The van der Waals surface area contributed by atoms with Crippen LogP contribution in [-0.4, -0.2) is 23.4 Å². The van der Waals surface area contributed by atoms with Gasteiger partial charge in [-0.15, -0.1) is 0 Å². The Labute approximate surface area is 89.1 Å². The van der Waals surface area contributed by atoms with Crippen molar-refractivity contribution in [2.24, 2.45) is 7.05 Å². The van der Waals surface area contributed by atoms with Gasteiger partial charge in [0, 0.05) is 32.7 Å². The van der Waals surface area contributed by atoms with E-state index >= 15 is 0 Å². The van der Waals surface area contributed by atoms with Crippen LogP contribution in [0.3, 0.4) is 0 Å². The number of imidazole rings is 1. The second-order valence-corrected chi connectivity index (χ2v) is 3.53. The molecule has 0 unspecified atom stereocenters. The van der Waals surface area contributed by atoms with E-state index in [4.69, 9.17) is 21.7 Å². The molecule has 0 fully saturated rings. The molecule has 0 atom stereocenters. The fraction of sp³-hybridized carbons (Fsp3) is 0.667. The first-order valence-corrected chi connectivity index (χ1v) is 4.75. The second kappa shape index (κ2) is 4.25. The van der Waals surface area contributed by atoms with Gasteiger partial charge in [-0.3, -0.25) is 4.57 Å². The topological polar surface area (TPSA) is 28.3 Å². The summed E-state index contributed by atoms with van der Waals surface area (Å²) < 4.78 is 14.8. The first kappa shape index (κ1) is 11.4. The normalized spacial score (nSPS) is 11.3. The average Bonchev–Trinajstić information content (AvgIpc) is 2.37. The van der Waals surface area contributed by atoms with Crippen molar-refractivity contribution in [1.82, 2.24) is 9.13 Å². The van der Waals surface area contributed by atoms with Crippen molar-refractivity contribution < 1.29 is 9.47 Å². The predicted molar refractivity (Wildman–Crippen MR) is 56.8 cm³/mol. The van der Waals surface area contributed by atoms with Crippen LogP contribution in [0.15, 0.2) is 0 Å². The third-order valence-electron chi connectivity index (χ3n) is 2.50. The number of hydrogen-bond donors (Lipinski definition) is 0. The SMILES string of the molecule is COC(OC)n1c(C)c(C)n(C)c1=S. The molecule has 5 heteroatoms. The van der Waals surface area contributed by atoms with Crippen molar-refractivity contribution in [2.45, 2.75) is 20.3 Å². The summed E-state index contributed by atoms with van der Waals surface area (Å²) in [5.41, 5.74) is 2.18. The molecule has 1 aromatic rings. The Hall–Kier alpha value is -0.650. The zero-order valence-corrected chi connectivity index (χ0v) is 10.0. The van der Waals surface area contributed by atoms with Crippen LogP contribution in [0.2, 0.25) is 0 Å². The van der Waals surface area contributed by atoms with Crippen molar-refractivity contribution in [3.63, 3.8) is 0 Å². The van der Waals surface area contributed by atoms with Gasteiger partial charge in [0.05, 0.1) is 0 Å². The molecular weight excluding hydrogens is 200 g/mol. The van der Waals surface area contributed by atoms with Gasteiger partial charge in [-0.25, -0.2) is 0 Å². The third-order valence-corrected chi connectivity index (χ3v) is 2.97. The molecule has 0 aliphatic heterocycles. The summed E-state index contributed by atoms with van der Waals surface area (Å²) in [6, 6.07) is 0. The minimum atomic E-state index is -0.442. The first-order chi connectivity index (χ1) is 6.54. The molecule has 0 bridgehead atoms. The van der Waals surface area contributed by atoms with E-state index in [2.05, 4.69) is 0 Å². The highest BCUT2D eigenvalue weighted by Crippen LogP contribution is 2.17. The van der Waals surface area contributed by atoms with Gasteiger partial charge in [0.25, 0.3) is 0 Å². The second-order valence-electron chi connectivity index (χ2n) is 3.16. The standard InChI is InChI=1S/C9H16N2O2S/c1-6-7(2)11(8(14)10(6)3)9(12-4)13-5/h9H,1-5H3. The van der Waals surface area contributed by atoms with Crippen molar-refractivity contribution in [3.8, 4) is 0 Å². The maximum absolute atomic E-state index is 5.28. The van der Waals surface area contributed by atoms with Gasteiger partial charge in [-0.05, 0) is 26.1 Å². The Bertz CT molecular complexity index is 377. The Balaban J connectivity index is 3.34. The van der Waals surface area contributed by atoms with Crippen LogP contribution in [0.4, 0.5) is 0 Å². The lowest BCUT2D eigenvalue weighted by Crippen LogP contribution is -2.14. The maximum atomic E-state index is 5.28. The molecule has 0 radical (unpaired) electrons. The van der Waals surface area contributed by atoms with Crippen molar-refractivity contribution in [3.05, 3.63) is 16.2 Å². The fourth-order valence-electron chi connectivity index (χ4n) is 1.42. The lowest BCUT2D eigenvalue weighted by atomic mass is 10.4. The molecule has 0 aliphatic carbocycles. The third kappa shape index (κ3) is 1.63. The molecule has 0 aliphatic rings. The fourth-order valence-corrected chi connectivity index (χ4v) is 1.78. The molecular formula is C9H16N2O2S. The summed E-state index contributed by atoms with van der Waals surface area (Å²) in [5, 5.41) is 0. The van der Waals surface area contributed by atoms with Crippen LogP contribution >= 0.6 is 12.2 Å². The van der Waals surface area contributed by atoms with Gasteiger partial charge < -0.3 is 14.0 Å². The largest absolute Gasteiger partial charge is 0.338 e. The quantitative estimate of drug-likeness (QED) is 0.571. The van der Waals surface area contributed by atoms with E-state index in [0.717, 1.165) is 11.4 Å². The van der Waals surface area contributed by atoms with Crippen molar-refractivity contribution in [2.75, 3.05) is 14.2 Å². The predicted octanol–water partition coefficient (Wildman–Crippen LogP) is 1.92. The van der Waals surface area contributed by atoms with E-state index in [9.17, 15) is 0 Å². The molecule has 0 saturated carbocycles. The highest BCUT2D eigenvalue weighted by atomic mass is 32.1. The Kier molecular flexibility index (Phi) is 3.47. The summed E-state index contributed by atoms with van der Waals surface area (Å²) in [5.74, 6) is 0. The molecule has 14 heavy (non-hydrogen) atoms. The Morgan fingerprint density at radius 2 is 1.64 bits per heavy atom. The van der Waals surface area contributed by atoms with E-state index in [1.807, 2.05) is 30.0 Å². The Morgan fingerprint density at radius 3 is 1.93 bits per heavy atom. The molecule has 0 saturated heterocycles. The molecule has 1 aromatic heterocycles. The van der Waals surface area contributed by atoms with Gasteiger partial charge in [-0.1, -0.05) is 0 Å². The summed E-state index contributed by atoms with van der Waals surface area (Å²) in [4.78, 5) is 0. The number of rotatable bonds is 3. The van der Waals surface area contributed by atoms with Crippen LogP contribution in [0, 0.1) is 18.6 Å². The van der Waals surface area contributed by atoms with Crippen LogP contribution in [0.5, 0.6) is 0 Å². The molecule has 1 rings (SSSR count). The molecule has 0 aromatic carbocycles. The monoisotopic (exact) mass is 216 g/mol. The van der Waals surface area contributed by atoms with Crippen LogP contribution in [0.1, 0.15) is 17.8 Å². The Morgan fingerprint density at radius 1 is 1.14 bits per heavy atom. The summed E-state index contributed by atoms with van der Waals surface area (Å²) in [6.45, 7) is 4.01. The summed E-state index contributed by atoms with van der Waals surface area (Å²) in [6.07, 6.45) is -0.442. The number of ether oxygens (including phenoxy) is 2. The van der Waals surface area contributed by atoms with E-state index in [-0.39, 0.29) is 0 Å². The number of aromatic nitrogens is 2. The first-order valence-electron chi connectivity index (χ1n) is 4.34. The molecule has 4 nitrogen and oxygen atoms in total. The van der Waals surface area contributed by atoms with Crippen LogP contribution < -0.4 is 0 Å².